The predicted molar refractivity (Wildman–Crippen MR) is 121 cm³/mol. The molecule has 0 saturated heterocycles. The number of nitrogens with zero attached hydrogens (tertiary/aromatic N) is 4. The van der Waals surface area contributed by atoms with Crippen molar-refractivity contribution in [2.75, 3.05) is 0 Å². The number of benzene rings is 1. The van der Waals surface area contributed by atoms with Crippen molar-refractivity contribution in [3.05, 3.63) is 73.9 Å². The Morgan fingerprint density at radius 1 is 1.09 bits per heavy atom. The van der Waals surface area contributed by atoms with Crippen LogP contribution in [0.4, 0.5) is 0 Å². The van der Waals surface area contributed by atoms with Crippen molar-refractivity contribution in [3.8, 4) is 28.4 Å². The topological polar surface area (TPSA) is 108 Å². The molecule has 0 radical (unpaired) electrons. The lowest BCUT2D eigenvalue weighted by atomic mass is 10.1. The molecule has 0 aliphatic rings. The molecule has 0 fully saturated rings. The quantitative estimate of drug-likeness (QED) is 0.440. The molecule has 0 amide bonds. The number of aryl methyl sites for hydroxylation is 1. The van der Waals surface area contributed by atoms with E-state index in [-0.39, 0.29) is 11.2 Å². The highest BCUT2D eigenvalue weighted by Gasteiger charge is 2.18. The fourth-order valence-corrected chi connectivity index (χ4v) is 4.12. The van der Waals surface area contributed by atoms with Crippen molar-refractivity contribution in [1.29, 1.82) is 0 Å². The number of nitrogens with one attached hydrogen (secondary N) is 1. The Balaban J connectivity index is 1.38. The normalized spacial score (nSPS) is 12.3. The minimum atomic E-state index is -0.425. The van der Waals surface area contributed by atoms with Gasteiger partial charge >= 0.3 is 5.69 Å². The Kier molecular flexibility index (Phi) is 4.78. The maximum atomic E-state index is 12.4. The fraction of sp³-hybridized carbons (Fsp3) is 0.182. The van der Waals surface area contributed by atoms with Crippen LogP contribution in [0.5, 0.6) is 5.75 Å². The summed E-state index contributed by atoms with van der Waals surface area (Å²) in [5, 5.41) is 7.92. The minimum absolute atomic E-state index is 0.357. The van der Waals surface area contributed by atoms with Crippen LogP contribution in [-0.4, -0.2) is 24.3 Å². The molecule has 1 atom stereocenters. The van der Waals surface area contributed by atoms with Crippen molar-refractivity contribution >= 4 is 22.4 Å². The number of aromatic nitrogens is 5. The minimum Gasteiger partial charge on any atom is -0.481 e. The number of ether oxygens (including phenoxy) is 1. The lowest BCUT2D eigenvalue weighted by molar-refractivity contribution is 0.176. The Hall–Kier alpha value is -3.92. The second-order valence-corrected chi connectivity index (χ2v) is 8.18. The second kappa shape index (κ2) is 7.65. The maximum Gasteiger partial charge on any atom is 0.331 e. The highest BCUT2D eigenvalue weighted by atomic mass is 32.1. The van der Waals surface area contributed by atoms with Crippen molar-refractivity contribution in [2.24, 2.45) is 14.1 Å². The average molecular weight is 449 g/mol. The van der Waals surface area contributed by atoms with Crippen LogP contribution in [0.15, 0.2) is 61.3 Å². The third-order valence-electron chi connectivity index (χ3n) is 5.30. The van der Waals surface area contributed by atoms with Crippen molar-refractivity contribution < 1.29 is 9.26 Å². The molecule has 10 heteroatoms. The van der Waals surface area contributed by atoms with Crippen molar-refractivity contribution in [3.63, 3.8) is 0 Å². The van der Waals surface area contributed by atoms with Gasteiger partial charge in [-0.3, -0.25) is 13.9 Å². The van der Waals surface area contributed by atoms with Crippen LogP contribution >= 0.6 is 11.3 Å². The summed E-state index contributed by atoms with van der Waals surface area (Å²) < 4.78 is 13.8. The number of thiophene rings is 1. The van der Waals surface area contributed by atoms with Gasteiger partial charge in [-0.05, 0) is 54.3 Å². The summed E-state index contributed by atoms with van der Waals surface area (Å²) in [4.78, 5) is 32.1. The molecular weight excluding hydrogens is 430 g/mol. The number of hydrogen-bond donors (Lipinski definition) is 1. The molecule has 0 saturated carbocycles. The van der Waals surface area contributed by atoms with Gasteiger partial charge in [0.25, 0.3) is 11.4 Å². The molecule has 5 rings (SSSR count). The van der Waals surface area contributed by atoms with Gasteiger partial charge < -0.3 is 14.2 Å². The van der Waals surface area contributed by atoms with Gasteiger partial charge in [0, 0.05) is 30.7 Å². The molecule has 32 heavy (non-hydrogen) atoms. The summed E-state index contributed by atoms with van der Waals surface area (Å²) in [6.07, 6.45) is -0.425. The Morgan fingerprint density at radius 3 is 2.59 bits per heavy atom. The lowest BCUT2D eigenvalue weighted by Gasteiger charge is -2.11. The molecule has 4 aromatic heterocycles. The number of rotatable bonds is 5. The summed E-state index contributed by atoms with van der Waals surface area (Å²) in [5.74, 6) is 1.56. The molecule has 1 aromatic carbocycles. The van der Waals surface area contributed by atoms with Crippen LogP contribution < -0.4 is 16.0 Å². The van der Waals surface area contributed by atoms with Gasteiger partial charge in [0.1, 0.15) is 11.3 Å². The van der Waals surface area contributed by atoms with E-state index in [1.165, 1.54) is 11.6 Å². The molecule has 9 nitrogen and oxygen atoms in total. The van der Waals surface area contributed by atoms with Crippen LogP contribution in [0, 0.1) is 0 Å². The van der Waals surface area contributed by atoms with Gasteiger partial charge in [0.15, 0.2) is 6.10 Å². The van der Waals surface area contributed by atoms with Gasteiger partial charge in [0.2, 0.25) is 5.82 Å². The first-order valence-electron chi connectivity index (χ1n) is 9.84. The molecule has 0 aliphatic heterocycles. The van der Waals surface area contributed by atoms with Crippen LogP contribution in [0.3, 0.4) is 0 Å². The van der Waals surface area contributed by atoms with E-state index in [2.05, 4.69) is 15.1 Å². The molecule has 0 spiro atoms. The summed E-state index contributed by atoms with van der Waals surface area (Å²) in [6.45, 7) is 1.84. The van der Waals surface area contributed by atoms with E-state index in [1.54, 1.807) is 24.5 Å². The van der Waals surface area contributed by atoms with Gasteiger partial charge in [-0.15, -0.1) is 0 Å². The van der Waals surface area contributed by atoms with E-state index >= 15 is 0 Å². The molecule has 0 aliphatic carbocycles. The van der Waals surface area contributed by atoms with E-state index in [0.29, 0.717) is 28.5 Å². The molecule has 162 valence electrons. The highest BCUT2D eigenvalue weighted by Crippen LogP contribution is 2.27. The van der Waals surface area contributed by atoms with Crippen LogP contribution in [0.25, 0.3) is 33.7 Å². The zero-order valence-corrected chi connectivity index (χ0v) is 18.3. The average Bonchev–Trinajstić information content (AvgIpc) is 3.56. The van der Waals surface area contributed by atoms with Crippen LogP contribution in [0.1, 0.15) is 18.9 Å². The Morgan fingerprint density at radius 2 is 1.88 bits per heavy atom. The fourth-order valence-electron chi connectivity index (χ4n) is 3.49. The molecule has 5 aromatic rings. The molecule has 1 N–H and O–H groups in total. The SMILES string of the molecule is CC(Oc1ccc(-c2cc3c([nH]2)c(=O)n(C)c(=O)n3C)cc1)c1nc(-c2ccsc2)no1. The number of H-pyrrole nitrogens is 1. The van der Waals surface area contributed by atoms with Gasteiger partial charge in [-0.25, -0.2) is 4.79 Å². The maximum absolute atomic E-state index is 12.4. The predicted octanol–water partition coefficient (Wildman–Crippen LogP) is 3.48. The molecule has 0 bridgehead atoms. The largest absolute Gasteiger partial charge is 0.481 e. The molecule has 1 unspecified atom stereocenters. The van der Waals surface area contributed by atoms with Gasteiger partial charge in [-0.1, -0.05) is 5.16 Å². The monoisotopic (exact) mass is 449 g/mol. The van der Waals surface area contributed by atoms with E-state index in [1.807, 2.05) is 48.0 Å². The molecular formula is C22H19N5O4S. The third kappa shape index (κ3) is 3.34. The number of aromatic amines is 1. The summed E-state index contributed by atoms with van der Waals surface area (Å²) >= 11 is 1.57. The highest BCUT2D eigenvalue weighted by molar-refractivity contribution is 7.08. The summed E-state index contributed by atoms with van der Waals surface area (Å²) in [6, 6.07) is 11.1. The molecule has 4 heterocycles. The van der Waals surface area contributed by atoms with Gasteiger partial charge in [0.05, 0.1) is 5.52 Å². The smallest absolute Gasteiger partial charge is 0.331 e. The first kappa shape index (κ1) is 20.0. The van der Waals surface area contributed by atoms with Gasteiger partial charge in [-0.2, -0.15) is 16.3 Å². The van der Waals surface area contributed by atoms with Crippen molar-refractivity contribution in [1.82, 2.24) is 24.3 Å². The van der Waals surface area contributed by atoms with Crippen LogP contribution in [0.2, 0.25) is 0 Å². The summed E-state index contributed by atoms with van der Waals surface area (Å²) in [7, 11) is 3.10. The first-order chi connectivity index (χ1) is 15.4. The third-order valence-corrected chi connectivity index (χ3v) is 5.98. The van der Waals surface area contributed by atoms with E-state index in [4.69, 9.17) is 9.26 Å². The standard InChI is InChI=1S/C22H19N5O4S/c1-12(20-24-19(25-31-20)14-8-9-32-11-14)30-15-6-4-13(5-7-15)16-10-17-18(23-16)21(28)27(3)22(29)26(17)2/h4-12,23H,1-3H3. The van der Waals surface area contributed by atoms with Crippen molar-refractivity contribution in [2.45, 2.75) is 13.0 Å². The summed E-state index contributed by atoms with van der Waals surface area (Å²) in [5.41, 5.74) is 2.71. The lowest BCUT2D eigenvalue weighted by Crippen LogP contribution is -2.36. The van der Waals surface area contributed by atoms with E-state index < -0.39 is 6.10 Å². The Labute approximate surface area is 185 Å². The first-order valence-corrected chi connectivity index (χ1v) is 10.8. The van der Waals surface area contributed by atoms with E-state index in [9.17, 15) is 9.59 Å². The zero-order chi connectivity index (χ0) is 22.4. The van der Waals surface area contributed by atoms with E-state index in [0.717, 1.165) is 21.4 Å². The number of fused-ring (bicyclic) bond motifs is 1. The van der Waals surface area contributed by atoms with Crippen LogP contribution in [-0.2, 0) is 14.1 Å². The zero-order valence-electron chi connectivity index (χ0n) is 17.5. The Bertz CT molecular complexity index is 1520. The second-order valence-electron chi connectivity index (χ2n) is 7.40. The number of hydrogen-bond acceptors (Lipinski definition) is 7.